The van der Waals surface area contributed by atoms with Gasteiger partial charge in [0.2, 0.25) is 0 Å². The van der Waals surface area contributed by atoms with Gasteiger partial charge in [-0.25, -0.2) is 4.98 Å². The number of nitrogens with zero attached hydrogens (tertiary/aromatic N) is 3. The molecular formula is C11H16N4O. The van der Waals surface area contributed by atoms with Crippen LogP contribution in [-0.4, -0.2) is 53.9 Å². The number of anilines is 1. The molecule has 2 heterocycles. The molecule has 0 spiro atoms. The number of carbonyl (C=O) groups is 1. The molecule has 0 atom stereocenters. The van der Waals surface area contributed by atoms with Crippen molar-refractivity contribution in [1.82, 2.24) is 14.8 Å². The van der Waals surface area contributed by atoms with Gasteiger partial charge in [-0.15, -0.1) is 0 Å². The van der Waals surface area contributed by atoms with Crippen molar-refractivity contribution in [3.05, 3.63) is 23.9 Å². The van der Waals surface area contributed by atoms with Crippen LogP contribution in [0.1, 0.15) is 10.4 Å². The van der Waals surface area contributed by atoms with Gasteiger partial charge in [0, 0.05) is 32.4 Å². The van der Waals surface area contributed by atoms with E-state index in [2.05, 4.69) is 16.9 Å². The Hall–Kier alpha value is -1.62. The second-order valence-electron chi connectivity index (χ2n) is 4.03. The molecule has 5 heteroatoms. The highest BCUT2D eigenvalue weighted by Gasteiger charge is 2.21. The average Bonchev–Trinajstić information content (AvgIpc) is 2.30. The summed E-state index contributed by atoms with van der Waals surface area (Å²) in [5.41, 5.74) is 6.19. The smallest absolute Gasteiger partial charge is 0.257 e. The zero-order valence-corrected chi connectivity index (χ0v) is 9.39. The third-order valence-electron chi connectivity index (χ3n) is 2.86. The quantitative estimate of drug-likeness (QED) is 0.726. The lowest BCUT2D eigenvalue weighted by molar-refractivity contribution is 0.0665. The van der Waals surface area contributed by atoms with Crippen molar-refractivity contribution in [1.29, 1.82) is 0 Å². The Kier molecular flexibility index (Phi) is 3.05. The fourth-order valence-corrected chi connectivity index (χ4v) is 1.78. The van der Waals surface area contributed by atoms with Crippen molar-refractivity contribution in [2.75, 3.05) is 39.0 Å². The fraction of sp³-hybridized carbons (Fsp3) is 0.455. The molecule has 0 bridgehead atoms. The van der Waals surface area contributed by atoms with Gasteiger partial charge in [-0.2, -0.15) is 0 Å². The molecule has 1 aromatic heterocycles. The van der Waals surface area contributed by atoms with E-state index < -0.39 is 0 Å². The topological polar surface area (TPSA) is 62.5 Å². The second kappa shape index (κ2) is 4.49. The molecule has 0 aliphatic carbocycles. The van der Waals surface area contributed by atoms with E-state index in [1.165, 1.54) is 0 Å². The van der Waals surface area contributed by atoms with Crippen LogP contribution in [0, 0.1) is 0 Å². The molecule has 86 valence electrons. The maximum Gasteiger partial charge on any atom is 0.257 e. The predicted octanol–water partition coefficient (Wildman–Crippen LogP) is 0.0514. The van der Waals surface area contributed by atoms with Crippen LogP contribution in [0.3, 0.4) is 0 Å². The summed E-state index contributed by atoms with van der Waals surface area (Å²) < 4.78 is 0. The zero-order chi connectivity index (χ0) is 11.5. The predicted molar refractivity (Wildman–Crippen MR) is 62.0 cm³/mol. The first-order valence-corrected chi connectivity index (χ1v) is 5.37. The van der Waals surface area contributed by atoms with Gasteiger partial charge in [-0.1, -0.05) is 0 Å². The van der Waals surface area contributed by atoms with Gasteiger partial charge >= 0.3 is 0 Å². The number of piperazine rings is 1. The Bertz CT molecular complexity index is 385. The molecule has 5 nitrogen and oxygen atoms in total. The summed E-state index contributed by atoms with van der Waals surface area (Å²) in [5.74, 6) is 0.296. The molecule has 0 radical (unpaired) electrons. The van der Waals surface area contributed by atoms with E-state index in [1.807, 2.05) is 4.90 Å². The second-order valence-corrected chi connectivity index (χ2v) is 4.03. The molecule has 2 rings (SSSR count). The summed E-state index contributed by atoms with van der Waals surface area (Å²) in [5, 5.41) is 0. The zero-order valence-electron chi connectivity index (χ0n) is 9.39. The number of hydrogen-bond acceptors (Lipinski definition) is 4. The van der Waals surface area contributed by atoms with E-state index in [-0.39, 0.29) is 5.91 Å². The van der Waals surface area contributed by atoms with Crippen LogP contribution >= 0.6 is 0 Å². The maximum atomic E-state index is 12.1. The molecule has 0 saturated carbocycles. The third-order valence-corrected chi connectivity index (χ3v) is 2.86. The Morgan fingerprint density at radius 3 is 2.69 bits per heavy atom. The minimum absolute atomic E-state index is 0.0151. The van der Waals surface area contributed by atoms with E-state index in [0.29, 0.717) is 11.4 Å². The van der Waals surface area contributed by atoms with Crippen LogP contribution in [-0.2, 0) is 0 Å². The van der Waals surface area contributed by atoms with Crippen LogP contribution in [0.5, 0.6) is 0 Å². The number of pyridine rings is 1. The van der Waals surface area contributed by atoms with Crippen LogP contribution in [0.25, 0.3) is 0 Å². The fourth-order valence-electron chi connectivity index (χ4n) is 1.78. The summed E-state index contributed by atoms with van der Waals surface area (Å²) in [6.07, 6.45) is 1.59. The Morgan fingerprint density at radius 1 is 1.38 bits per heavy atom. The van der Waals surface area contributed by atoms with Gasteiger partial charge in [0.25, 0.3) is 5.91 Å². The minimum Gasteiger partial charge on any atom is -0.383 e. The maximum absolute atomic E-state index is 12.1. The first-order valence-electron chi connectivity index (χ1n) is 5.37. The number of likely N-dealkylation sites (N-methyl/N-ethyl adjacent to an activating group) is 1. The Morgan fingerprint density at radius 2 is 2.06 bits per heavy atom. The van der Waals surface area contributed by atoms with Crippen LogP contribution in [0.2, 0.25) is 0 Å². The monoisotopic (exact) mass is 220 g/mol. The lowest BCUT2D eigenvalue weighted by Gasteiger charge is -2.32. The normalized spacial score (nSPS) is 17.4. The lowest BCUT2D eigenvalue weighted by atomic mass is 10.2. The Balaban J connectivity index is 2.11. The lowest BCUT2D eigenvalue weighted by Crippen LogP contribution is -2.47. The van der Waals surface area contributed by atoms with Crippen molar-refractivity contribution in [3.63, 3.8) is 0 Å². The molecule has 0 unspecified atom stereocenters. The highest BCUT2D eigenvalue weighted by Crippen LogP contribution is 2.12. The van der Waals surface area contributed by atoms with Gasteiger partial charge in [0.1, 0.15) is 5.82 Å². The molecule has 1 saturated heterocycles. The Labute approximate surface area is 94.9 Å². The summed E-state index contributed by atoms with van der Waals surface area (Å²) in [6.45, 7) is 3.32. The molecule has 0 aromatic carbocycles. The van der Waals surface area contributed by atoms with E-state index in [9.17, 15) is 4.79 Å². The summed E-state index contributed by atoms with van der Waals surface area (Å²) >= 11 is 0. The molecule has 1 fully saturated rings. The molecule has 1 aliphatic rings. The molecule has 16 heavy (non-hydrogen) atoms. The largest absolute Gasteiger partial charge is 0.383 e. The van der Waals surface area contributed by atoms with Crippen molar-refractivity contribution in [2.45, 2.75) is 0 Å². The summed E-state index contributed by atoms with van der Waals surface area (Å²) in [6, 6.07) is 3.46. The summed E-state index contributed by atoms with van der Waals surface area (Å²) in [4.78, 5) is 20.1. The highest BCUT2D eigenvalue weighted by molar-refractivity contribution is 5.98. The van der Waals surface area contributed by atoms with Crippen LogP contribution < -0.4 is 5.73 Å². The standard InChI is InChI=1S/C11H16N4O/c1-14-5-7-15(8-6-14)11(16)9-3-2-4-13-10(9)12/h2-4H,5-8H2,1H3,(H2,12,13). The number of nitrogen functional groups attached to an aromatic ring is 1. The van der Waals surface area contributed by atoms with Gasteiger partial charge in [-0.05, 0) is 19.2 Å². The highest BCUT2D eigenvalue weighted by atomic mass is 16.2. The first kappa shape index (κ1) is 10.9. The molecule has 1 aliphatic heterocycles. The SMILES string of the molecule is CN1CCN(C(=O)c2cccnc2N)CC1. The number of amides is 1. The molecular weight excluding hydrogens is 204 g/mol. The van der Waals surface area contributed by atoms with Crippen LogP contribution in [0.4, 0.5) is 5.82 Å². The van der Waals surface area contributed by atoms with E-state index in [4.69, 9.17) is 5.73 Å². The third kappa shape index (κ3) is 2.14. The number of hydrogen-bond donors (Lipinski definition) is 1. The van der Waals surface area contributed by atoms with Crippen molar-refractivity contribution in [3.8, 4) is 0 Å². The van der Waals surface area contributed by atoms with Gasteiger partial charge in [0.15, 0.2) is 0 Å². The summed E-state index contributed by atoms with van der Waals surface area (Å²) in [7, 11) is 2.06. The number of nitrogens with two attached hydrogens (primary N) is 1. The van der Waals surface area contributed by atoms with Gasteiger partial charge < -0.3 is 15.5 Å². The number of carbonyl (C=O) groups excluding carboxylic acids is 1. The minimum atomic E-state index is -0.0151. The first-order chi connectivity index (χ1) is 7.68. The van der Waals surface area contributed by atoms with Gasteiger partial charge in [-0.3, -0.25) is 4.79 Å². The number of aromatic nitrogens is 1. The van der Waals surface area contributed by atoms with Crippen LogP contribution in [0.15, 0.2) is 18.3 Å². The van der Waals surface area contributed by atoms with E-state index >= 15 is 0 Å². The number of rotatable bonds is 1. The van der Waals surface area contributed by atoms with E-state index in [0.717, 1.165) is 26.2 Å². The van der Waals surface area contributed by atoms with E-state index in [1.54, 1.807) is 18.3 Å². The molecule has 1 aromatic rings. The van der Waals surface area contributed by atoms with Gasteiger partial charge in [0.05, 0.1) is 5.56 Å². The van der Waals surface area contributed by atoms with Crippen molar-refractivity contribution >= 4 is 11.7 Å². The average molecular weight is 220 g/mol. The van der Waals surface area contributed by atoms with Crippen molar-refractivity contribution in [2.24, 2.45) is 0 Å². The van der Waals surface area contributed by atoms with Crippen molar-refractivity contribution < 1.29 is 4.79 Å². The molecule has 1 amide bonds. The molecule has 2 N–H and O–H groups in total.